The monoisotopic (exact) mass is 531 g/mol. The third kappa shape index (κ3) is 4.61. The molecule has 0 aliphatic carbocycles. The maximum atomic E-state index is 13.3. The Hall–Kier alpha value is -4.19. The van der Waals surface area contributed by atoms with Crippen LogP contribution in [0.1, 0.15) is 34.5 Å². The van der Waals surface area contributed by atoms with Gasteiger partial charge in [-0.15, -0.1) is 0 Å². The van der Waals surface area contributed by atoms with Crippen LogP contribution in [0.5, 0.6) is 0 Å². The van der Waals surface area contributed by atoms with E-state index >= 15 is 0 Å². The number of anilines is 1. The second-order valence-corrected chi connectivity index (χ2v) is 11.2. The van der Waals surface area contributed by atoms with Crippen molar-refractivity contribution in [2.75, 3.05) is 57.3 Å². The van der Waals surface area contributed by atoms with E-state index in [0.717, 1.165) is 85.8 Å². The van der Waals surface area contributed by atoms with Crippen LogP contribution in [0, 0.1) is 17.3 Å². The van der Waals surface area contributed by atoms with Crippen molar-refractivity contribution in [2.24, 2.45) is 5.41 Å². The normalized spacial score (nSPS) is 18.3. The van der Waals surface area contributed by atoms with Gasteiger partial charge in [0.15, 0.2) is 0 Å². The third-order valence-electron chi connectivity index (χ3n) is 8.44. The zero-order valence-electron chi connectivity index (χ0n) is 22.5. The van der Waals surface area contributed by atoms with Crippen LogP contribution in [0.4, 0.5) is 5.82 Å². The second-order valence-electron chi connectivity index (χ2n) is 11.2. The predicted molar refractivity (Wildman–Crippen MR) is 157 cm³/mol. The zero-order valence-corrected chi connectivity index (χ0v) is 22.5. The van der Waals surface area contributed by atoms with Gasteiger partial charge in [0.1, 0.15) is 11.5 Å². The van der Waals surface area contributed by atoms with Gasteiger partial charge in [-0.1, -0.05) is 24.1 Å². The summed E-state index contributed by atoms with van der Waals surface area (Å²) in [5, 5.41) is 15.3. The van der Waals surface area contributed by atoms with E-state index in [1.807, 2.05) is 53.6 Å². The SMILES string of the molecule is O=C(c1ccc2n[nH]c(C#Cc3ccccc3-c3cccnc3N3CCNCC3)c2c1)N1CC2(CCCNC2)C1. The van der Waals surface area contributed by atoms with Crippen molar-refractivity contribution in [3.05, 3.63) is 77.6 Å². The Labute approximate surface area is 234 Å². The number of fused-ring (bicyclic) bond motifs is 1. The second kappa shape index (κ2) is 10.4. The largest absolute Gasteiger partial charge is 0.354 e. The Bertz CT molecular complexity index is 1610. The highest BCUT2D eigenvalue weighted by Gasteiger charge is 2.45. The molecule has 1 amide bonds. The predicted octanol–water partition coefficient (Wildman–Crippen LogP) is 3.26. The minimum absolute atomic E-state index is 0.0839. The van der Waals surface area contributed by atoms with E-state index in [9.17, 15) is 4.79 Å². The molecule has 8 nitrogen and oxygen atoms in total. The van der Waals surface area contributed by atoms with Gasteiger partial charge in [-0.05, 0) is 61.7 Å². The highest BCUT2D eigenvalue weighted by molar-refractivity contribution is 5.99. The van der Waals surface area contributed by atoms with Gasteiger partial charge in [-0.3, -0.25) is 9.89 Å². The number of carbonyl (C=O) groups is 1. The lowest BCUT2D eigenvalue weighted by atomic mass is 9.74. The van der Waals surface area contributed by atoms with Crippen LogP contribution in [-0.4, -0.2) is 78.3 Å². The quantitative estimate of drug-likeness (QED) is 0.352. The molecule has 4 aromatic rings. The number of piperazine rings is 1. The molecule has 8 heteroatoms. The first kappa shape index (κ1) is 24.8. The van der Waals surface area contributed by atoms with E-state index < -0.39 is 0 Å². The molecule has 3 aliphatic rings. The molecular weight excluding hydrogens is 498 g/mol. The minimum Gasteiger partial charge on any atom is -0.354 e. The molecule has 0 saturated carbocycles. The summed E-state index contributed by atoms with van der Waals surface area (Å²) >= 11 is 0. The molecule has 3 aliphatic heterocycles. The van der Waals surface area contributed by atoms with Crippen LogP contribution in [-0.2, 0) is 0 Å². The lowest BCUT2D eigenvalue weighted by Gasteiger charge is -2.52. The number of hydrogen-bond donors (Lipinski definition) is 3. The lowest BCUT2D eigenvalue weighted by molar-refractivity contribution is -0.00721. The maximum absolute atomic E-state index is 13.3. The number of piperidine rings is 1. The Balaban J connectivity index is 1.17. The molecule has 0 bridgehead atoms. The van der Waals surface area contributed by atoms with E-state index in [1.54, 1.807) is 0 Å². The fraction of sp³-hybridized carbons (Fsp3) is 0.344. The highest BCUT2D eigenvalue weighted by atomic mass is 16.2. The average Bonchev–Trinajstić information content (AvgIpc) is 3.41. The molecule has 2 aromatic carbocycles. The summed E-state index contributed by atoms with van der Waals surface area (Å²) in [6, 6.07) is 18.0. The molecule has 3 N–H and O–H groups in total. The van der Waals surface area contributed by atoms with Crippen LogP contribution in [0.2, 0.25) is 0 Å². The number of H-pyrrole nitrogens is 1. The van der Waals surface area contributed by atoms with Gasteiger partial charge in [0, 0.05) is 85.1 Å². The fourth-order valence-electron chi connectivity index (χ4n) is 6.32. The third-order valence-corrected chi connectivity index (χ3v) is 8.44. The summed E-state index contributed by atoms with van der Waals surface area (Å²) in [7, 11) is 0. The van der Waals surface area contributed by atoms with Crippen molar-refractivity contribution < 1.29 is 4.79 Å². The van der Waals surface area contributed by atoms with Crippen LogP contribution in [0.25, 0.3) is 22.0 Å². The lowest BCUT2D eigenvalue weighted by Crippen LogP contribution is -2.63. The van der Waals surface area contributed by atoms with Gasteiger partial charge >= 0.3 is 0 Å². The standard InChI is InChI=1S/C32H33N7O/c40-31(39-21-32(22-39)12-4-13-34-20-32)24-9-11-29-27(19-24)28(36-37-29)10-8-23-5-1-2-6-25(23)26-7-3-14-35-30(26)38-17-15-33-16-18-38/h1-3,5-7,9,11,14,19,33-34H,4,12-13,15-18,20-22H2,(H,36,37). The topological polar surface area (TPSA) is 89.2 Å². The maximum Gasteiger partial charge on any atom is 0.253 e. The first-order valence-electron chi connectivity index (χ1n) is 14.2. The molecule has 0 atom stereocenters. The molecule has 2 aromatic heterocycles. The molecule has 7 rings (SSSR count). The van der Waals surface area contributed by atoms with Crippen molar-refractivity contribution in [3.63, 3.8) is 0 Å². The molecule has 0 radical (unpaired) electrons. The molecular formula is C32H33N7O. The van der Waals surface area contributed by atoms with E-state index in [1.165, 1.54) is 12.8 Å². The van der Waals surface area contributed by atoms with Gasteiger partial charge in [-0.2, -0.15) is 5.10 Å². The number of likely N-dealkylation sites (tertiary alicyclic amines) is 1. The summed E-state index contributed by atoms with van der Waals surface area (Å²) < 4.78 is 0. The van der Waals surface area contributed by atoms with Crippen molar-refractivity contribution in [1.82, 2.24) is 30.7 Å². The number of pyridine rings is 1. The summed E-state index contributed by atoms with van der Waals surface area (Å²) in [6.07, 6.45) is 4.24. The molecule has 1 spiro atoms. The highest BCUT2D eigenvalue weighted by Crippen LogP contribution is 2.37. The number of nitrogens with zero attached hydrogens (tertiary/aromatic N) is 4. The number of hydrogen-bond acceptors (Lipinski definition) is 6. The van der Waals surface area contributed by atoms with Gasteiger partial charge in [-0.25, -0.2) is 4.98 Å². The first-order valence-corrected chi connectivity index (χ1v) is 14.2. The molecule has 202 valence electrons. The van der Waals surface area contributed by atoms with E-state index in [2.05, 4.69) is 49.7 Å². The van der Waals surface area contributed by atoms with Gasteiger partial charge < -0.3 is 20.4 Å². The molecule has 0 unspecified atom stereocenters. The van der Waals surface area contributed by atoms with Crippen molar-refractivity contribution >= 4 is 22.6 Å². The van der Waals surface area contributed by atoms with E-state index in [-0.39, 0.29) is 11.3 Å². The van der Waals surface area contributed by atoms with Gasteiger partial charge in [0.25, 0.3) is 5.91 Å². The Morgan fingerprint density at radius 2 is 1.77 bits per heavy atom. The Morgan fingerprint density at radius 3 is 2.62 bits per heavy atom. The van der Waals surface area contributed by atoms with Crippen molar-refractivity contribution in [3.8, 4) is 23.0 Å². The summed E-state index contributed by atoms with van der Waals surface area (Å²) in [6.45, 7) is 7.50. The number of benzene rings is 2. The van der Waals surface area contributed by atoms with Crippen molar-refractivity contribution in [1.29, 1.82) is 0 Å². The molecule has 3 saturated heterocycles. The molecule has 3 fully saturated rings. The molecule has 40 heavy (non-hydrogen) atoms. The summed E-state index contributed by atoms with van der Waals surface area (Å²) in [5.74, 6) is 7.78. The average molecular weight is 532 g/mol. The number of carbonyl (C=O) groups excluding carboxylic acids is 1. The van der Waals surface area contributed by atoms with E-state index in [4.69, 9.17) is 4.98 Å². The van der Waals surface area contributed by atoms with Crippen molar-refractivity contribution in [2.45, 2.75) is 12.8 Å². The smallest absolute Gasteiger partial charge is 0.253 e. The fourth-order valence-corrected chi connectivity index (χ4v) is 6.32. The zero-order chi connectivity index (χ0) is 26.9. The molecule has 5 heterocycles. The van der Waals surface area contributed by atoms with Crippen LogP contribution < -0.4 is 15.5 Å². The number of nitrogens with one attached hydrogen (secondary N) is 3. The number of rotatable bonds is 3. The number of aromatic nitrogens is 3. The van der Waals surface area contributed by atoms with Crippen LogP contribution in [0.15, 0.2) is 60.8 Å². The first-order chi connectivity index (χ1) is 19.7. The summed E-state index contributed by atoms with van der Waals surface area (Å²) in [5.41, 5.74) is 5.53. The number of aromatic amines is 1. The summed E-state index contributed by atoms with van der Waals surface area (Å²) in [4.78, 5) is 22.4. The van der Waals surface area contributed by atoms with Crippen LogP contribution >= 0.6 is 0 Å². The van der Waals surface area contributed by atoms with Gasteiger partial charge in [0.2, 0.25) is 0 Å². The van der Waals surface area contributed by atoms with Crippen LogP contribution in [0.3, 0.4) is 0 Å². The Kier molecular flexibility index (Phi) is 6.46. The minimum atomic E-state index is 0.0839. The number of amides is 1. The van der Waals surface area contributed by atoms with Gasteiger partial charge in [0.05, 0.1) is 5.52 Å². The van der Waals surface area contributed by atoms with E-state index in [0.29, 0.717) is 11.3 Å². The Morgan fingerprint density at radius 1 is 0.925 bits per heavy atom.